The van der Waals surface area contributed by atoms with E-state index in [2.05, 4.69) is 9.97 Å². The van der Waals surface area contributed by atoms with Crippen LogP contribution in [0, 0.1) is 0 Å². The van der Waals surface area contributed by atoms with Crippen molar-refractivity contribution in [3.63, 3.8) is 0 Å². The van der Waals surface area contributed by atoms with Crippen LogP contribution in [0.25, 0.3) is 11.2 Å². The highest BCUT2D eigenvalue weighted by atomic mass is 16.6. The van der Waals surface area contributed by atoms with Gasteiger partial charge in [0.2, 0.25) is 0 Å². The Morgan fingerprint density at radius 3 is 1.80 bits per heavy atom. The number of hydrogen-bond donors (Lipinski definition) is 2. The summed E-state index contributed by atoms with van der Waals surface area (Å²) in [6, 6.07) is 39.3. The third-order valence-corrected chi connectivity index (χ3v) is 8.36. The molecule has 1 fully saturated rings. The largest absolute Gasteiger partial charge is 0.387 e. The van der Waals surface area contributed by atoms with Gasteiger partial charge < -0.3 is 19.7 Å². The zero-order valence-electron chi connectivity index (χ0n) is 24.3. The molecule has 7 rings (SSSR count). The Bertz CT molecular complexity index is 1830. The molecule has 0 saturated carbocycles. The molecule has 0 radical (unpaired) electrons. The first-order chi connectivity index (χ1) is 22.1. The number of hydrogen-bond acceptors (Lipinski definition) is 7. The number of imidazole rings is 1. The molecule has 4 atom stereocenters. The molecule has 0 amide bonds. The zero-order valence-corrected chi connectivity index (χ0v) is 24.3. The van der Waals surface area contributed by atoms with Crippen LogP contribution in [0.3, 0.4) is 0 Å². The Kier molecular flexibility index (Phi) is 7.83. The van der Waals surface area contributed by atoms with Crippen LogP contribution in [0.1, 0.15) is 28.5 Å². The van der Waals surface area contributed by atoms with E-state index < -0.39 is 30.1 Å². The van der Waals surface area contributed by atoms with Crippen LogP contribution in [-0.2, 0) is 21.6 Å². The van der Waals surface area contributed by atoms with Crippen molar-refractivity contribution < 1.29 is 19.7 Å². The Balaban J connectivity index is 1.19. The van der Waals surface area contributed by atoms with Gasteiger partial charge in [-0.15, -0.1) is 0 Å². The molecule has 9 nitrogen and oxygen atoms in total. The van der Waals surface area contributed by atoms with E-state index in [-0.39, 0.29) is 23.3 Å². The van der Waals surface area contributed by atoms with Crippen LogP contribution in [0.4, 0.5) is 0 Å². The first-order valence-electron chi connectivity index (χ1n) is 14.8. The number of nitrogens with zero attached hydrogens (tertiary/aromatic N) is 4. The zero-order chi connectivity index (χ0) is 30.8. The minimum absolute atomic E-state index is 0.0443. The summed E-state index contributed by atoms with van der Waals surface area (Å²) in [5.74, 6) is 0. The highest BCUT2D eigenvalue weighted by Gasteiger charge is 2.46. The van der Waals surface area contributed by atoms with E-state index in [1.807, 2.05) is 121 Å². The molecule has 6 aromatic rings. The van der Waals surface area contributed by atoms with Crippen molar-refractivity contribution in [3.8, 4) is 0 Å². The molecule has 3 heterocycles. The monoisotopic (exact) mass is 600 g/mol. The molecule has 9 heteroatoms. The average molecular weight is 601 g/mol. The molecule has 1 aliphatic rings. The van der Waals surface area contributed by atoms with Crippen LogP contribution in [0.5, 0.6) is 0 Å². The lowest BCUT2D eigenvalue weighted by Gasteiger charge is -2.37. The highest BCUT2D eigenvalue weighted by molar-refractivity contribution is 5.69. The van der Waals surface area contributed by atoms with Gasteiger partial charge in [0.25, 0.3) is 5.56 Å². The summed E-state index contributed by atoms with van der Waals surface area (Å²) in [7, 11) is 0. The molecule has 4 unspecified atom stereocenters. The third-order valence-electron chi connectivity index (χ3n) is 8.36. The highest BCUT2D eigenvalue weighted by Crippen LogP contribution is 2.41. The fourth-order valence-electron chi connectivity index (χ4n) is 6.10. The molecule has 2 aromatic heterocycles. The fraction of sp³-hybridized carbons (Fsp3) is 0.194. The van der Waals surface area contributed by atoms with Gasteiger partial charge in [0, 0.05) is 0 Å². The van der Waals surface area contributed by atoms with E-state index in [0.29, 0.717) is 6.54 Å². The quantitative estimate of drug-likeness (QED) is 0.239. The number of rotatable bonds is 9. The minimum Gasteiger partial charge on any atom is -0.387 e. The smallest absolute Gasteiger partial charge is 0.281 e. The molecule has 45 heavy (non-hydrogen) atoms. The van der Waals surface area contributed by atoms with E-state index in [1.165, 1.54) is 21.8 Å². The lowest BCUT2D eigenvalue weighted by atomic mass is 9.80. The maximum atomic E-state index is 13.3. The molecular formula is C36H32N4O5. The Morgan fingerprint density at radius 2 is 1.24 bits per heavy atom. The summed E-state index contributed by atoms with van der Waals surface area (Å²) in [5.41, 5.74) is 2.75. The lowest BCUT2D eigenvalue weighted by molar-refractivity contribution is -0.0942. The Hall–Kier alpha value is -4.93. The lowest BCUT2D eigenvalue weighted by Crippen LogP contribution is -2.39. The second kappa shape index (κ2) is 12.2. The van der Waals surface area contributed by atoms with Crippen LogP contribution in [-0.4, -0.2) is 54.2 Å². The van der Waals surface area contributed by atoms with Crippen molar-refractivity contribution in [1.29, 1.82) is 0 Å². The van der Waals surface area contributed by atoms with E-state index in [1.54, 1.807) is 0 Å². The summed E-state index contributed by atoms with van der Waals surface area (Å²) in [5, 5.41) is 22.4. The van der Waals surface area contributed by atoms with Crippen molar-refractivity contribution in [2.45, 2.75) is 36.7 Å². The molecule has 4 aromatic carbocycles. The average Bonchev–Trinajstić information content (AvgIpc) is 3.65. The van der Waals surface area contributed by atoms with Gasteiger partial charge in [-0.25, -0.2) is 9.97 Å². The van der Waals surface area contributed by atoms with Gasteiger partial charge in [0.05, 0.1) is 19.5 Å². The first kappa shape index (κ1) is 28.8. The summed E-state index contributed by atoms with van der Waals surface area (Å²) in [6.45, 7) is 0.305. The maximum Gasteiger partial charge on any atom is 0.281 e. The van der Waals surface area contributed by atoms with E-state index in [4.69, 9.17) is 9.47 Å². The molecule has 0 bridgehead atoms. The first-order valence-corrected chi connectivity index (χ1v) is 14.8. The normalized spacial score (nSPS) is 20.0. The molecule has 1 aliphatic heterocycles. The minimum atomic E-state index is -1.32. The molecular weight excluding hydrogens is 568 g/mol. The summed E-state index contributed by atoms with van der Waals surface area (Å²) >= 11 is 0. The molecule has 2 N–H and O–H groups in total. The summed E-state index contributed by atoms with van der Waals surface area (Å²) in [4.78, 5) is 22.1. The van der Waals surface area contributed by atoms with Crippen LogP contribution in [0.2, 0.25) is 0 Å². The van der Waals surface area contributed by atoms with Crippen molar-refractivity contribution in [2.24, 2.45) is 0 Å². The van der Waals surface area contributed by atoms with Gasteiger partial charge >= 0.3 is 0 Å². The summed E-state index contributed by atoms with van der Waals surface area (Å²) in [6.07, 6.45) is -1.64. The standard InChI is InChI=1S/C36H32N4O5/c41-31-29(22-44-36(26-15-7-2-8-16-26,27-17-9-3-10-18-27)28-19-11-4-12-20-28)45-35(32(31)42)40-24-37-30-33(40)38-23-39(34(30)43)21-25-13-5-1-6-14-25/h1-20,23-24,29,31-32,35,41-42H,21-22H2. The van der Waals surface area contributed by atoms with Crippen molar-refractivity contribution >= 4 is 11.2 Å². The Labute approximate surface area is 259 Å². The van der Waals surface area contributed by atoms with E-state index >= 15 is 0 Å². The number of ether oxygens (including phenoxy) is 2. The van der Waals surface area contributed by atoms with Gasteiger partial charge in [-0.2, -0.15) is 0 Å². The van der Waals surface area contributed by atoms with Crippen molar-refractivity contribution in [3.05, 3.63) is 167 Å². The second-order valence-electron chi connectivity index (χ2n) is 11.1. The number of aromatic nitrogens is 4. The van der Waals surface area contributed by atoms with Crippen molar-refractivity contribution in [1.82, 2.24) is 19.1 Å². The Morgan fingerprint density at radius 1 is 0.711 bits per heavy atom. The maximum absolute atomic E-state index is 13.3. The summed E-state index contributed by atoms with van der Waals surface area (Å²) < 4.78 is 16.1. The van der Waals surface area contributed by atoms with Gasteiger partial charge in [0.1, 0.15) is 30.2 Å². The van der Waals surface area contributed by atoms with Gasteiger partial charge in [-0.1, -0.05) is 121 Å². The van der Waals surface area contributed by atoms with Gasteiger partial charge in [0.15, 0.2) is 17.4 Å². The van der Waals surface area contributed by atoms with Crippen LogP contribution < -0.4 is 5.56 Å². The number of aliphatic hydroxyl groups is 2. The molecule has 1 saturated heterocycles. The van der Waals surface area contributed by atoms with Crippen LogP contribution in [0.15, 0.2) is 139 Å². The number of fused-ring (bicyclic) bond motifs is 1. The SMILES string of the molecule is O=c1c2ncn(C3OC(COC(c4ccccc4)(c4ccccc4)c4ccccc4)C(O)C3O)c2ncn1Cc1ccccc1. The van der Waals surface area contributed by atoms with Crippen molar-refractivity contribution in [2.75, 3.05) is 6.61 Å². The second-order valence-corrected chi connectivity index (χ2v) is 11.1. The predicted octanol–water partition coefficient (Wildman–Crippen LogP) is 4.27. The topological polar surface area (TPSA) is 112 Å². The fourth-order valence-corrected chi connectivity index (χ4v) is 6.10. The van der Waals surface area contributed by atoms with E-state index in [9.17, 15) is 15.0 Å². The predicted molar refractivity (Wildman–Crippen MR) is 168 cm³/mol. The van der Waals surface area contributed by atoms with Gasteiger partial charge in [-0.3, -0.25) is 13.9 Å². The molecule has 0 spiro atoms. The number of aliphatic hydroxyl groups excluding tert-OH is 2. The van der Waals surface area contributed by atoms with E-state index in [0.717, 1.165) is 22.3 Å². The number of benzene rings is 4. The third kappa shape index (κ3) is 5.26. The van der Waals surface area contributed by atoms with Crippen LogP contribution >= 0.6 is 0 Å². The molecule has 0 aliphatic carbocycles. The molecule has 226 valence electrons. The van der Waals surface area contributed by atoms with Gasteiger partial charge in [-0.05, 0) is 22.3 Å².